The lowest BCUT2D eigenvalue weighted by molar-refractivity contribution is 0.185. The molecule has 0 aliphatic carbocycles. The summed E-state index contributed by atoms with van der Waals surface area (Å²) in [6.45, 7) is 2.72. The van der Waals surface area contributed by atoms with Crippen LogP contribution in [0.3, 0.4) is 0 Å². The summed E-state index contributed by atoms with van der Waals surface area (Å²) >= 11 is 1.57. The summed E-state index contributed by atoms with van der Waals surface area (Å²) in [5.41, 5.74) is 9.10. The zero-order valence-electron chi connectivity index (χ0n) is 10.1. The predicted molar refractivity (Wildman–Crippen MR) is 72.1 cm³/mol. The molecule has 0 aliphatic heterocycles. The summed E-state index contributed by atoms with van der Waals surface area (Å²) in [4.78, 5) is 4.54. The highest BCUT2D eigenvalue weighted by Crippen LogP contribution is 2.30. The molecule has 17 heavy (non-hydrogen) atoms. The van der Waals surface area contributed by atoms with Crippen LogP contribution in [0.15, 0.2) is 24.3 Å². The molecule has 0 radical (unpaired) electrons. The minimum absolute atomic E-state index is 0.632. The van der Waals surface area contributed by atoms with E-state index in [4.69, 9.17) is 10.5 Å². The van der Waals surface area contributed by atoms with Gasteiger partial charge >= 0.3 is 0 Å². The van der Waals surface area contributed by atoms with Crippen molar-refractivity contribution in [3.05, 3.63) is 34.8 Å². The Kier molecular flexibility index (Phi) is 3.76. The number of nitrogens with zero attached hydrogens (tertiary/aromatic N) is 1. The van der Waals surface area contributed by atoms with Crippen molar-refractivity contribution in [3.63, 3.8) is 0 Å². The van der Waals surface area contributed by atoms with E-state index in [0.29, 0.717) is 6.61 Å². The number of rotatable bonds is 4. The fourth-order valence-corrected chi connectivity index (χ4v) is 2.46. The molecule has 0 atom stereocenters. The first-order chi connectivity index (χ1) is 8.24. The first-order valence-electron chi connectivity index (χ1n) is 5.58. The van der Waals surface area contributed by atoms with Crippen molar-refractivity contribution in [2.24, 2.45) is 0 Å². The molecule has 0 spiro atoms. The number of ether oxygens (including phenoxy) is 1. The lowest BCUT2D eigenvalue weighted by Gasteiger charge is -2.02. The third-order valence-corrected chi connectivity index (χ3v) is 3.57. The molecule has 0 amide bonds. The maximum Gasteiger partial charge on any atom is 0.114 e. The van der Waals surface area contributed by atoms with Gasteiger partial charge in [0.1, 0.15) is 10.7 Å². The number of anilines is 1. The van der Waals surface area contributed by atoms with Gasteiger partial charge in [-0.05, 0) is 12.0 Å². The Morgan fingerprint density at radius 2 is 2.00 bits per heavy atom. The minimum Gasteiger partial charge on any atom is -0.389 e. The van der Waals surface area contributed by atoms with Gasteiger partial charge in [0.25, 0.3) is 0 Å². The predicted octanol–water partition coefficient (Wildman–Crippen LogP) is 3.10. The van der Waals surface area contributed by atoms with E-state index in [9.17, 15) is 0 Å². The molecule has 1 heterocycles. The molecule has 0 aliphatic rings. The fraction of sp³-hybridized carbons (Fsp3) is 0.308. The summed E-state index contributed by atoms with van der Waals surface area (Å²) in [5.74, 6) is 0. The Bertz CT molecular complexity index is 491. The molecule has 0 fully saturated rings. The number of aryl methyl sites for hydroxylation is 1. The van der Waals surface area contributed by atoms with Gasteiger partial charge in [-0.1, -0.05) is 31.2 Å². The highest BCUT2D eigenvalue weighted by atomic mass is 32.1. The second-order valence-corrected chi connectivity index (χ2v) is 4.92. The van der Waals surface area contributed by atoms with E-state index in [-0.39, 0.29) is 0 Å². The van der Waals surface area contributed by atoms with E-state index in [1.807, 2.05) is 24.3 Å². The molecule has 1 aromatic carbocycles. The van der Waals surface area contributed by atoms with Crippen LogP contribution in [-0.2, 0) is 17.8 Å². The summed E-state index contributed by atoms with van der Waals surface area (Å²) in [7, 11) is 1.69. The molecule has 3 nitrogen and oxygen atoms in total. The molecule has 0 bridgehead atoms. The molecule has 2 rings (SSSR count). The normalized spacial score (nSPS) is 10.7. The fourth-order valence-electron chi connectivity index (χ4n) is 1.66. The number of thiazole rings is 1. The van der Waals surface area contributed by atoms with Gasteiger partial charge < -0.3 is 10.5 Å². The maximum atomic E-state index is 5.98. The standard InChI is InChI=1S/C13H16N2OS/c1-3-11-15-12(13(14)17-11)10-6-4-9(5-7-10)8-16-2/h4-7H,3,8,14H2,1-2H3. The zero-order chi connectivity index (χ0) is 12.3. The van der Waals surface area contributed by atoms with Crippen LogP contribution in [0.25, 0.3) is 11.3 Å². The Balaban J connectivity index is 2.29. The topological polar surface area (TPSA) is 48.1 Å². The molecule has 0 saturated heterocycles. The van der Waals surface area contributed by atoms with Gasteiger partial charge in [0.05, 0.1) is 11.6 Å². The minimum atomic E-state index is 0.632. The number of nitrogen functional groups attached to an aromatic ring is 1. The third kappa shape index (κ3) is 2.65. The molecule has 2 aromatic rings. The van der Waals surface area contributed by atoms with E-state index in [2.05, 4.69) is 11.9 Å². The Labute approximate surface area is 105 Å². The van der Waals surface area contributed by atoms with Gasteiger partial charge in [0.2, 0.25) is 0 Å². The van der Waals surface area contributed by atoms with Gasteiger partial charge in [-0.15, -0.1) is 11.3 Å². The first-order valence-corrected chi connectivity index (χ1v) is 6.39. The van der Waals surface area contributed by atoms with Crippen molar-refractivity contribution >= 4 is 16.3 Å². The van der Waals surface area contributed by atoms with E-state index in [1.54, 1.807) is 18.4 Å². The van der Waals surface area contributed by atoms with Crippen LogP contribution < -0.4 is 5.73 Å². The number of hydrogen-bond acceptors (Lipinski definition) is 4. The van der Waals surface area contributed by atoms with Gasteiger partial charge in [-0.3, -0.25) is 0 Å². The van der Waals surface area contributed by atoms with Crippen LogP contribution in [0, 0.1) is 0 Å². The smallest absolute Gasteiger partial charge is 0.114 e. The summed E-state index contributed by atoms with van der Waals surface area (Å²) < 4.78 is 5.08. The number of benzene rings is 1. The van der Waals surface area contributed by atoms with E-state index < -0.39 is 0 Å². The molecular weight excluding hydrogens is 232 g/mol. The van der Waals surface area contributed by atoms with Crippen molar-refractivity contribution in [3.8, 4) is 11.3 Å². The second kappa shape index (κ2) is 5.29. The van der Waals surface area contributed by atoms with E-state index in [1.165, 1.54) is 0 Å². The molecule has 2 N–H and O–H groups in total. The van der Waals surface area contributed by atoms with Crippen molar-refractivity contribution in [1.82, 2.24) is 4.98 Å². The number of nitrogens with two attached hydrogens (primary N) is 1. The molecule has 0 saturated carbocycles. The van der Waals surface area contributed by atoms with Crippen LogP contribution in [0.4, 0.5) is 5.00 Å². The third-order valence-electron chi connectivity index (χ3n) is 2.54. The van der Waals surface area contributed by atoms with Crippen LogP contribution >= 0.6 is 11.3 Å². The Morgan fingerprint density at radius 1 is 1.29 bits per heavy atom. The van der Waals surface area contributed by atoms with Crippen LogP contribution in [0.1, 0.15) is 17.5 Å². The van der Waals surface area contributed by atoms with Crippen molar-refractivity contribution in [1.29, 1.82) is 0 Å². The van der Waals surface area contributed by atoms with Gasteiger partial charge in [-0.25, -0.2) is 4.98 Å². The molecule has 0 unspecified atom stereocenters. The molecular formula is C13H16N2OS. The monoisotopic (exact) mass is 248 g/mol. The largest absolute Gasteiger partial charge is 0.389 e. The highest BCUT2D eigenvalue weighted by molar-refractivity contribution is 7.16. The maximum absolute atomic E-state index is 5.98. The van der Waals surface area contributed by atoms with Crippen LogP contribution in [-0.4, -0.2) is 12.1 Å². The van der Waals surface area contributed by atoms with Gasteiger partial charge in [-0.2, -0.15) is 0 Å². The Hall–Kier alpha value is -1.39. The van der Waals surface area contributed by atoms with Crippen molar-refractivity contribution in [2.75, 3.05) is 12.8 Å². The quantitative estimate of drug-likeness (QED) is 0.904. The summed E-state index contributed by atoms with van der Waals surface area (Å²) in [6.07, 6.45) is 0.927. The highest BCUT2D eigenvalue weighted by Gasteiger charge is 2.09. The number of aromatic nitrogens is 1. The lowest BCUT2D eigenvalue weighted by Crippen LogP contribution is -1.89. The number of hydrogen-bond donors (Lipinski definition) is 1. The second-order valence-electron chi connectivity index (χ2n) is 3.80. The molecule has 90 valence electrons. The van der Waals surface area contributed by atoms with Crippen molar-refractivity contribution < 1.29 is 4.74 Å². The van der Waals surface area contributed by atoms with E-state index in [0.717, 1.165) is 33.3 Å². The first kappa shape index (κ1) is 12.1. The lowest BCUT2D eigenvalue weighted by atomic mass is 10.1. The summed E-state index contributed by atoms with van der Waals surface area (Å²) in [5, 5.41) is 1.87. The Morgan fingerprint density at radius 3 is 2.53 bits per heavy atom. The van der Waals surface area contributed by atoms with Crippen molar-refractivity contribution in [2.45, 2.75) is 20.0 Å². The van der Waals surface area contributed by atoms with Gasteiger partial charge in [0, 0.05) is 12.7 Å². The average molecular weight is 248 g/mol. The van der Waals surface area contributed by atoms with E-state index >= 15 is 0 Å². The molecule has 4 heteroatoms. The van der Waals surface area contributed by atoms with Crippen LogP contribution in [0.5, 0.6) is 0 Å². The number of methoxy groups -OCH3 is 1. The molecule has 1 aromatic heterocycles. The SMILES string of the molecule is CCc1nc(-c2ccc(COC)cc2)c(N)s1. The average Bonchev–Trinajstić information content (AvgIpc) is 2.72. The van der Waals surface area contributed by atoms with Gasteiger partial charge in [0.15, 0.2) is 0 Å². The van der Waals surface area contributed by atoms with Crippen LogP contribution in [0.2, 0.25) is 0 Å². The zero-order valence-corrected chi connectivity index (χ0v) is 10.9. The summed E-state index contributed by atoms with van der Waals surface area (Å²) in [6, 6.07) is 8.17.